The number of nitrogens with two attached hydrogens (primary N) is 1. The lowest BCUT2D eigenvalue weighted by Crippen LogP contribution is -2.42. The Labute approximate surface area is 208 Å². The number of rotatable bonds is 6. The Kier molecular flexibility index (Phi) is 6.59. The van der Waals surface area contributed by atoms with Crippen LogP contribution in [0.1, 0.15) is 23.2 Å². The third kappa shape index (κ3) is 5.33. The van der Waals surface area contributed by atoms with Crippen LogP contribution < -0.4 is 21.1 Å². The number of aromatic nitrogens is 3. The summed E-state index contributed by atoms with van der Waals surface area (Å²) in [7, 11) is -3.77. The number of piperidine rings is 1. The van der Waals surface area contributed by atoms with E-state index in [1.54, 1.807) is 30.7 Å². The Morgan fingerprint density at radius 2 is 1.81 bits per heavy atom. The van der Waals surface area contributed by atoms with E-state index in [-0.39, 0.29) is 16.8 Å². The standard InChI is InChI=1S/C25H25N7O3S/c26-36(34,35)21-6-4-19(5-7-21)31-25-29-15-16-2-1-3-22(23(16)32-25)17-12-18(14-28-13-17)24(33)30-20-8-10-27-11-9-20/h1-7,12-15,20,27H,8-11H2,(H,30,33)(H2,26,34,35)(H,29,31,32). The monoisotopic (exact) mass is 503 g/mol. The van der Waals surface area contributed by atoms with Gasteiger partial charge in [0.25, 0.3) is 5.91 Å². The molecule has 0 aliphatic carbocycles. The van der Waals surface area contributed by atoms with Gasteiger partial charge in [-0.3, -0.25) is 9.78 Å². The summed E-state index contributed by atoms with van der Waals surface area (Å²) in [5, 5.41) is 15.5. The van der Waals surface area contributed by atoms with Crippen molar-refractivity contribution in [2.24, 2.45) is 5.14 Å². The van der Waals surface area contributed by atoms with Gasteiger partial charge in [-0.25, -0.2) is 23.5 Å². The van der Waals surface area contributed by atoms with Crippen LogP contribution in [0.4, 0.5) is 11.6 Å². The quantitative estimate of drug-likeness (QED) is 0.313. The Morgan fingerprint density at radius 3 is 2.56 bits per heavy atom. The number of carbonyl (C=O) groups excluding carboxylic acids is 1. The second kappa shape index (κ2) is 9.97. The van der Waals surface area contributed by atoms with Gasteiger partial charge in [0, 0.05) is 46.8 Å². The molecule has 5 N–H and O–H groups in total. The Hall–Kier alpha value is -3.93. The number of benzene rings is 2. The van der Waals surface area contributed by atoms with Crippen LogP contribution in [0.15, 0.2) is 72.0 Å². The number of hydrogen-bond donors (Lipinski definition) is 4. The zero-order valence-corrected chi connectivity index (χ0v) is 20.1. The minimum absolute atomic E-state index is 0.0198. The molecule has 3 heterocycles. The van der Waals surface area contributed by atoms with Gasteiger partial charge in [-0.2, -0.15) is 0 Å². The van der Waals surface area contributed by atoms with Gasteiger partial charge in [-0.15, -0.1) is 0 Å². The van der Waals surface area contributed by atoms with Crippen molar-refractivity contribution in [1.29, 1.82) is 0 Å². The summed E-state index contributed by atoms with van der Waals surface area (Å²) in [6, 6.07) is 13.7. The molecular weight excluding hydrogens is 478 g/mol. The number of carbonyl (C=O) groups is 1. The van der Waals surface area contributed by atoms with E-state index in [4.69, 9.17) is 5.14 Å². The number of nitrogens with one attached hydrogen (secondary N) is 3. The highest BCUT2D eigenvalue weighted by Gasteiger charge is 2.17. The Morgan fingerprint density at radius 1 is 1.03 bits per heavy atom. The number of anilines is 2. The minimum atomic E-state index is -3.77. The smallest absolute Gasteiger partial charge is 0.253 e. The summed E-state index contributed by atoms with van der Waals surface area (Å²) in [6.07, 6.45) is 6.78. The van der Waals surface area contributed by atoms with Gasteiger partial charge in [0.2, 0.25) is 16.0 Å². The first kappa shape index (κ1) is 23.8. The number of hydrogen-bond acceptors (Lipinski definition) is 8. The molecule has 11 heteroatoms. The van der Waals surface area contributed by atoms with Crippen molar-refractivity contribution in [2.75, 3.05) is 18.4 Å². The maximum Gasteiger partial charge on any atom is 0.253 e. The van der Waals surface area contributed by atoms with E-state index in [9.17, 15) is 13.2 Å². The third-order valence-corrected chi connectivity index (χ3v) is 6.96. The fourth-order valence-electron chi connectivity index (χ4n) is 4.15. The molecule has 4 aromatic rings. The van der Waals surface area contributed by atoms with Gasteiger partial charge in [0.1, 0.15) is 0 Å². The van der Waals surface area contributed by atoms with Crippen LogP contribution in [0.3, 0.4) is 0 Å². The van der Waals surface area contributed by atoms with Crippen LogP contribution in [0.25, 0.3) is 22.0 Å². The predicted octanol–water partition coefficient (Wildman–Crippen LogP) is 2.56. The molecule has 0 spiro atoms. The first-order chi connectivity index (χ1) is 17.4. The van der Waals surface area contributed by atoms with Crippen molar-refractivity contribution in [1.82, 2.24) is 25.6 Å². The van der Waals surface area contributed by atoms with Crippen LogP contribution in [0.2, 0.25) is 0 Å². The van der Waals surface area contributed by atoms with E-state index >= 15 is 0 Å². The molecule has 0 radical (unpaired) electrons. The van der Waals surface area contributed by atoms with Gasteiger partial charge in [-0.1, -0.05) is 18.2 Å². The van der Waals surface area contributed by atoms with Gasteiger partial charge in [-0.05, 0) is 56.3 Å². The molecule has 10 nitrogen and oxygen atoms in total. The van der Waals surface area contributed by atoms with Crippen molar-refractivity contribution in [2.45, 2.75) is 23.8 Å². The minimum Gasteiger partial charge on any atom is -0.349 e. The number of para-hydroxylation sites is 1. The highest BCUT2D eigenvalue weighted by atomic mass is 32.2. The van der Waals surface area contributed by atoms with Crippen LogP contribution in [-0.4, -0.2) is 48.4 Å². The van der Waals surface area contributed by atoms with E-state index in [0.29, 0.717) is 22.7 Å². The van der Waals surface area contributed by atoms with Crippen molar-refractivity contribution in [3.05, 3.63) is 72.7 Å². The van der Waals surface area contributed by atoms with Crippen LogP contribution >= 0.6 is 0 Å². The number of pyridine rings is 1. The molecule has 2 aromatic heterocycles. The molecule has 1 amide bonds. The molecule has 1 aliphatic heterocycles. The highest BCUT2D eigenvalue weighted by Crippen LogP contribution is 2.28. The van der Waals surface area contributed by atoms with Crippen molar-refractivity contribution in [3.8, 4) is 11.1 Å². The lowest BCUT2D eigenvalue weighted by molar-refractivity contribution is 0.0929. The summed E-state index contributed by atoms with van der Waals surface area (Å²) >= 11 is 0. The van der Waals surface area contributed by atoms with Gasteiger partial charge < -0.3 is 16.0 Å². The first-order valence-electron chi connectivity index (χ1n) is 11.5. The summed E-state index contributed by atoms with van der Waals surface area (Å²) in [5.41, 5.74) is 3.36. The summed E-state index contributed by atoms with van der Waals surface area (Å²) in [5.74, 6) is 0.197. The molecule has 36 heavy (non-hydrogen) atoms. The lowest BCUT2D eigenvalue weighted by atomic mass is 10.0. The van der Waals surface area contributed by atoms with Crippen molar-refractivity contribution < 1.29 is 13.2 Å². The fraction of sp³-hybridized carbons (Fsp3) is 0.200. The average molecular weight is 504 g/mol. The maximum absolute atomic E-state index is 12.9. The van der Waals surface area contributed by atoms with Crippen LogP contribution in [0.5, 0.6) is 0 Å². The SMILES string of the molecule is NS(=O)(=O)c1ccc(Nc2ncc3cccc(-c4cncc(C(=O)NC5CCNCC5)c4)c3n2)cc1. The Balaban J connectivity index is 1.42. The molecule has 0 atom stereocenters. The molecule has 1 aliphatic rings. The Bertz CT molecular complexity index is 1520. The molecule has 1 fully saturated rings. The number of nitrogens with zero attached hydrogens (tertiary/aromatic N) is 3. The van der Waals surface area contributed by atoms with E-state index in [0.717, 1.165) is 42.4 Å². The molecule has 5 rings (SSSR count). The largest absolute Gasteiger partial charge is 0.349 e. The number of fused-ring (bicyclic) bond motifs is 1. The molecule has 184 valence electrons. The maximum atomic E-state index is 12.9. The molecule has 0 bridgehead atoms. The van der Waals surface area contributed by atoms with E-state index in [1.165, 1.54) is 12.1 Å². The van der Waals surface area contributed by atoms with Crippen molar-refractivity contribution in [3.63, 3.8) is 0 Å². The second-order valence-corrected chi connectivity index (χ2v) is 10.2. The summed E-state index contributed by atoms with van der Waals surface area (Å²) < 4.78 is 23.0. The number of amides is 1. The number of sulfonamides is 1. The van der Waals surface area contributed by atoms with Gasteiger partial charge in [0.05, 0.1) is 16.0 Å². The fourth-order valence-corrected chi connectivity index (χ4v) is 4.67. The molecule has 2 aromatic carbocycles. The second-order valence-electron chi connectivity index (χ2n) is 8.59. The third-order valence-electron chi connectivity index (χ3n) is 6.04. The van der Waals surface area contributed by atoms with Crippen molar-refractivity contribution >= 4 is 38.5 Å². The van der Waals surface area contributed by atoms with Crippen LogP contribution in [-0.2, 0) is 10.0 Å². The van der Waals surface area contributed by atoms with E-state index < -0.39 is 10.0 Å². The van der Waals surface area contributed by atoms with Gasteiger partial charge in [0.15, 0.2) is 0 Å². The normalized spacial score (nSPS) is 14.5. The average Bonchev–Trinajstić information content (AvgIpc) is 2.89. The predicted molar refractivity (Wildman–Crippen MR) is 137 cm³/mol. The first-order valence-corrected chi connectivity index (χ1v) is 13.0. The summed E-state index contributed by atoms with van der Waals surface area (Å²) in [6.45, 7) is 1.79. The highest BCUT2D eigenvalue weighted by molar-refractivity contribution is 7.89. The lowest BCUT2D eigenvalue weighted by Gasteiger charge is -2.23. The molecular formula is C25H25N7O3S. The van der Waals surface area contributed by atoms with Gasteiger partial charge >= 0.3 is 0 Å². The molecule has 1 saturated heterocycles. The van der Waals surface area contributed by atoms with Crippen LogP contribution in [0, 0.1) is 0 Å². The van der Waals surface area contributed by atoms with E-state index in [2.05, 4.69) is 30.9 Å². The zero-order valence-electron chi connectivity index (χ0n) is 19.3. The molecule has 0 unspecified atom stereocenters. The molecule has 0 saturated carbocycles. The number of primary sulfonamides is 1. The summed E-state index contributed by atoms with van der Waals surface area (Å²) in [4.78, 5) is 26.2. The topological polar surface area (TPSA) is 152 Å². The zero-order chi connectivity index (χ0) is 25.1. The van der Waals surface area contributed by atoms with E-state index in [1.807, 2.05) is 24.3 Å².